The highest BCUT2D eigenvalue weighted by atomic mass is 79.9. The van der Waals surface area contributed by atoms with Crippen molar-refractivity contribution in [2.45, 2.75) is 19.9 Å². The number of aromatic amines is 1. The number of aromatic nitrogens is 2. The smallest absolute Gasteiger partial charge is 0.143 e. The monoisotopic (exact) mass is 304 g/mol. The molecule has 1 atom stereocenters. The van der Waals surface area contributed by atoms with Crippen LogP contribution in [0.15, 0.2) is 28.7 Å². The second-order valence-electron chi connectivity index (χ2n) is 4.06. The lowest BCUT2D eigenvalue weighted by molar-refractivity contribution is 0.968. The molecule has 0 radical (unpaired) electrons. The SMILES string of the molecule is Cc1n[nH]c(C)c1C(C#N)Nc1cccc(Br)c1. The van der Waals surface area contributed by atoms with Crippen LogP contribution in [-0.2, 0) is 0 Å². The van der Waals surface area contributed by atoms with Crippen molar-refractivity contribution in [3.8, 4) is 6.07 Å². The van der Waals surface area contributed by atoms with Gasteiger partial charge in [0.2, 0.25) is 0 Å². The number of nitrogens with zero attached hydrogens (tertiary/aromatic N) is 2. The van der Waals surface area contributed by atoms with Crippen molar-refractivity contribution < 1.29 is 0 Å². The van der Waals surface area contributed by atoms with Crippen molar-refractivity contribution in [3.05, 3.63) is 45.7 Å². The summed E-state index contributed by atoms with van der Waals surface area (Å²) in [6.45, 7) is 3.81. The van der Waals surface area contributed by atoms with Gasteiger partial charge >= 0.3 is 0 Å². The van der Waals surface area contributed by atoms with E-state index in [2.05, 4.69) is 37.5 Å². The number of nitrogens with one attached hydrogen (secondary N) is 2. The van der Waals surface area contributed by atoms with Gasteiger partial charge in [0.1, 0.15) is 6.04 Å². The predicted molar refractivity (Wildman–Crippen MR) is 74.2 cm³/mol. The number of H-pyrrole nitrogens is 1. The molecule has 0 saturated carbocycles. The summed E-state index contributed by atoms with van der Waals surface area (Å²) in [6.07, 6.45) is 0. The summed E-state index contributed by atoms with van der Waals surface area (Å²) in [4.78, 5) is 0. The number of benzene rings is 1. The molecule has 0 aliphatic heterocycles. The molecular weight excluding hydrogens is 292 g/mol. The lowest BCUT2D eigenvalue weighted by Gasteiger charge is -2.13. The molecule has 0 bridgehead atoms. The van der Waals surface area contributed by atoms with E-state index in [0.29, 0.717) is 0 Å². The Morgan fingerprint density at radius 3 is 2.78 bits per heavy atom. The van der Waals surface area contributed by atoms with Gasteiger partial charge in [-0.3, -0.25) is 5.10 Å². The van der Waals surface area contributed by atoms with Gasteiger partial charge in [0.05, 0.1) is 11.8 Å². The van der Waals surface area contributed by atoms with Crippen LogP contribution >= 0.6 is 15.9 Å². The van der Waals surface area contributed by atoms with E-state index in [1.807, 2.05) is 38.1 Å². The first-order valence-electron chi connectivity index (χ1n) is 5.55. The van der Waals surface area contributed by atoms with Crippen molar-refractivity contribution in [1.82, 2.24) is 10.2 Å². The molecule has 0 aliphatic rings. The van der Waals surface area contributed by atoms with Crippen LogP contribution in [0.4, 0.5) is 5.69 Å². The Kier molecular flexibility index (Phi) is 3.68. The molecule has 0 fully saturated rings. The number of aryl methyl sites for hydroxylation is 2. The Morgan fingerprint density at radius 1 is 1.44 bits per heavy atom. The third kappa shape index (κ3) is 2.54. The van der Waals surface area contributed by atoms with E-state index in [9.17, 15) is 5.26 Å². The molecule has 18 heavy (non-hydrogen) atoms. The minimum absolute atomic E-state index is 0.405. The van der Waals surface area contributed by atoms with Gasteiger partial charge in [-0.2, -0.15) is 10.4 Å². The maximum absolute atomic E-state index is 9.31. The summed E-state index contributed by atoms with van der Waals surface area (Å²) in [5.41, 5.74) is 3.58. The van der Waals surface area contributed by atoms with Crippen molar-refractivity contribution in [3.63, 3.8) is 0 Å². The van der Waals surface area contributed by atoms with Crippen LogP contribution in [0.1, 0.15) is 23.0 Å². The second kappa shape index (κ2) is 5.23. The first-order chi connectivity index (χ1) is 8.61. The first-order valence-corrected chi connectivity index (χ1v) is 6.34. The lowest BCUT2D eigenvalue weighted by Crippen LogP contribution is -2.10. The molecule has 1 aromatic heterocycles. The molecular formula is C13H13BrN4. The van der Waals surface area contributed by atoms with E-state index < -0.39 is 6.04 Å². The van der Waals surface area contributed by atoms with Gasteiger partial charge in [-0.05, 0) is 32.0 Å². The molecule has 0 aliphatic carbocycles. The fourth-order valence-corrected chi connectivity index (χ4v) is 2.30. The first kappa shape index (κ1) is 12.7. The highest BCUT2D eigenvalue weighted by molar-refractivity contribution is 9.10. The van der Waals surface area contributed by atoms with Gasteiger partial charge in [0, 0.05) is 21.4 Å². The molecule has 0 spiro atoms. The predicted octanol–water partition coefficient (Wildman–Crippen LogP) is 3.47. The van der Waals surface area contributed by atoms with E-state index in [-0.39, 0.29) is 0 Å². The molecule has 2 aromatic rings. The quantitative estimate of drug-likeness (QED) is 0.912. The van der Waals surface area contributed by atoms with Crippen molar-refractivity contribution in [1.29, 1.82) is 5.26 Å². The molecule has 4 nitrogen and oxygen atoms in total. The topological polar surface area (TPSA) is 64.5 Å². The number of rotatable bonds is 3. The molecule has 0 saturated heterocycles. The standard InChI is InChI=1S/C13H13BrN4/c1-8-13(9(2)18-17-8)12(7-15)16-11-5-3-4-10(14)6-11/h3-6,12,16H,1-2H3,(H,17,18). The van der Waals surface area contributed by atoms with E-state index in [0.717, 1.165) is 27.1 Å². The molecule has 92 valence electrons. The number of halogens is 1. The Balaban J connectivity index is 2.29. The molecule has 0 amide bonds. The van der Waals surface area contributed by atoms with Gasteiger partial charge in [0.25, 0.3) is 0 Å². The third-order valence-corrected chi connectivity index (χ3v) is 3.23. The average Bonchev–Trinajstić information content (AvgIpc) is 2.67. The number of anilines is 1. The summed E-state index contributed by atoms with van der Waals surface area (Å²) in [7, 11) is 0. The Hall–Kier alpha value is -1.80. The van der Waals surface area contributed by atoms with Crippen LogP contribution in [0.25, 0.3) is 0 Å². The normalized spacial score (nSPS) is 11.9. The molecule has 1 aromatic carbocycles. The van der Waals surface area contributed by atoms with Gasteiger partial charge < -0.3 is 5.32 Å². The zero-order valence-corrected chi connectivity index (χ0v) is 11.7. The fourth-order valence-electron chi connectivity index (χ4n) is 1.90. The number of hydrogen-bond donors (Lipinski definition) is 2. The van der Waals surface area contributed by atoms with Gasteiger partial charge in [-0.15, -0.1) is 0 Å². The summed E-state index contributed by atoms with van der Waals surface area (Å²) < 4.78 is 0.977. The zero-order chi connectivity index (χ0) is 13.1. The summed E-state index contributed by atoms with van der Waals surface area (Å²) in [5.74, 6) is 0. The largest absolute Gasteiger partial charge is 0.366 e. The van der Waals surface area contributed by atoms with Crippen LogP contribution in [0.3, 0.4) is 0 Å². The van der Waals surface area contributed by atoms with Crippen LogP contribution in [0.2, 0.25) is 0 Å². The van der Waals surface area contributed by atoms with Crippen molar-refractivity contribution in [2.75, 3.05) is 5.32 Å². The molecule has 2 N–H and O–H groups in total. The van der Waals surface area contributed by atoms with Gasteiger partial charge in [0.15, 0.2) is 0 Å². The van der Waals surface area contributed by atoms with E-state index >= 15 is 0 Å². The van der Waals surface area contributed by atoms with Crippen LogP contribution in [-0.4, -0.2) is 10.2 Å². The highest BCUT2D eigenvalue weighted by Gasteiger charge is 2.18. The zero-order valence-electron chi connectivity index (χ0n) is 10.2. The van der Waals surface area contributed by atoms with Crippen molar-refractivity contribution in [2.24, 2.45) is 0 Å². The van der Waals surface area contributed by atoms with Crippen LogP contribution < -0.4 is 5.32 Å². The minimum Gasteiger partial charge on any atom is -0.366 e. The summed E-state index contributed by atoms with van der Waals surface area (Å²) in [5, 5.41) is 19.5. The Morgan fingerprint density at radius 2 is 2.22 bits per heavy atom. The maximum Gasteiger partial charge on any atom is 0.143 e. The summed E-state index contributed by atoms with van der Waals surface area (Å²) in [6, 6.07) is 9.60. The number of nitriles is 1. The molecule has 1 heterocycles. The highest BCUT2D eigenvalue weighted by Crippen LogP contribution is 2.25. The Labute approximate surface area is 114 Å². The second-order valence-corrected chi connectivity index (χ2v) is 4.98. The minimum atomic E-state index is -0.405. The fraction of sp³-hybridized carbons (Fsp3) is 0.231. The van der Waals surface area contributed by atoms with E-state index in [1.165, 1.54) is 0 Å². The maximum atomic E-state index is 9.31. The molecule has 1 unspecified atom stereocenters. The Bertz CT molecular complexity index is 578. The van der Waals surface area contributed by atoms with E-state index in [1.54, 1.807) is 0 Å². The van der Waals surface area contributed by atoms with Gasteiger partial charge in [-0.25, -0.2) is 0 Å². The third-order valence-electron chi connectivity index (χ3n) is 2.74. The summed E-state index contributed by atoms with van der Waals surface area (Å²) >= 11 is 3.41. The molecule has 2 rings (SSSR count). The number of hydrogen-bond acceptors (Lipinski definition) is 3. The average molecular weight is 305 g/mol. The van der Waals surface area contributed by atoms with E-state index in [4.69, 9.17) is 0 Å². The van der Waals surface area contributed by atoms with Crippen LogP contribution in [0.5, 0.6) is 0 Å². The molecule has 5 heteroatoms. The van der Waals surface area contributed by atoms with Gasteiger partial charge in [-0.1, -0.05) is 22.0 Å². The van der Waals surface area contributed by atoms with Crippen molar-refractivity contribution >= 4 is 21.6 Å². The van der Waals surface area contributed by atoms with Crippen LogP contribution in [0, 0.1) is 25.2 Å². The lowest BCUT2D eigenvalue weighted by atomic mass is 10.1.